The van der Waals surface area contributed by atoms with E-state index in [0.717, 1.165) is 21.8 Å². The first-order valence-corrected chi connectivity index (χ1v) is 8.93. The maximum absolute atomic E-state index is 5.90. The van der Waals surface area contributed by atoms with E-state index in [1.165, 1.54) is 0 Å². The number of benzene rings is 3. The number of rotatable bonds is 7. The number of nitrogens with one attached hydrogen (secondary N) is 1. The van der Waals surface area contributed by atoms with E-state index in [-0.39, 0.29) is 0 Å². The summed E-state index contributed by atoms with van der Waals surface area (Å²) < 4.78 is 11.4. The second-order valence-corrected chi connectivity index (χ2v) is 6.63. The summed E-state index contributed by atoms with van der Waals surface area (Å²) in [6.07, 6.45) is 0. The van der Waals surface area contributed by atoms with Crippen LogP contribution >= 0.6 is 23.2 Å². The molecule has 1 N–H and O–H groups in total. The monoisotopic (exact) mass is 387 g/mol. The zero-order valence-corrected chi connectivity index (χ0v) is 15.8. The van der Waals surface area contributed by atoms with Gasteiger partial charge in [0, 0.05) is 22.3 Å². The molecule has 3 aromatic carbocycles. The first-order valence-electron chi connectivity index (χ1n) is 8.17. The summed E-state index contributed by atoms with van der Waals surface area (Å²) in [4.78, 5) is 0. The van der Waals surface area contributed by atoms with Gasteiger partial charge in [-0.15, -0.1) is 0 Å². The maximum atomic E-state index is 5.90. The molecule has 0 saturated heterocycles. The summed E-state index contributed by atoms with van der Waals surface area (Å²) in [6.45, 7) is 1.13. The Kier molecular flexibility index (Phi) is 6.26. The molecular weight excluding hydrogens is 369 g/mol. The van der Waals surface area contributed by atoms with Crippen LogP contribution in [0.2, 0.25) is 10.0 Å². The minimum absolute atomic E-state index is 0.454. The van der Waals surface area contributed by atoms with Crippen LogP contribution in [-0.2, 0) is 13.2 Å². The van der Waals surface area contributed by atoms with E-state index in [0.29, 0.717) is 29.7 Å². The lowest BCUT2D eigenvalue weighted by atomic mass is 10.2. The van der Waals surface area contributed by atoms with Crippen molar-refractivity contribution in [3.8, 4) is 11.5 Å². The average molecular weight is 388 g/mol. The molecule has 5 heteroatoms. The van der Waals surface area contributed by atoms with E-state index in [9.17, 15) is 0 Å². The van der Waals surface area contributed by atoms with Gasteiger partial charge in [-0.2, -0.15) is 0 Å². The first-order chi connectivity index (χ1) is 12.6. The van der Waals surface area contributed by atoms with E-state index in [1.54, 1.807) is 7.11 Å². The Labute approximate surface area is 163 Å². The summed E-state index contributed by atoms with van der Waals surface area (Å²) in [5.74, 6) is 1.41. The lowest BCUT2D eigenvalue weighted by Gasteiger charge is -2.13. The van der Waals surface area contributed by atoms with E-state index in [1.807, 2.05) is 66.7 Å². The predicted molar refractivity (Wildman–Crippen MR) is 108 cm³/mol. The normalized spacial score (nSPS) is 10.4. The Bertz CT molecular complexity index is 849. The van der Waals surface area contributed by atoms with Crippen molar-refractivity contribution in [2.24, 2.45) is 0 Å². The van der Waals surface area contributed by atoms with Gasteiger partial charge in [-0.25, -0.2) is 0 Å². The summed E-state index contributed by atoms with van der Waals surface area (Å²) in [5.41, 5.74) is 3.15. The van der Waals surface area contributed by atoms with Gasteiger partial charge in [0.05, 0.1) is 7.11 Å². The molecule has 0 unspecified atom stereocenters. The van der Waals surface area contributed by atoms with Gasteiger partial charge in [-0.3, -0.25) is 0 Å². The van der Waals surface area contributed by atoms with Crippen LogP contribution in [-0.4, -0.2) is 7.11 Å². The number of hydrogen-bond acceptors (Lipinski definition) is 3. The predicted octanol–water partition coefficient (Wildman–Crippen LogP) is 6.19. The van der Waals surface area contributed by atoms with Crippen LogP contribution in [0.1, 0.15) is 11.1 Å². The molecule has 0 aliphatic heterocycles. The highest BCUT2D eigenvalue weighted by Gasteiger charge is 2.07. The molecule has 0 bridgehead atoms. The molecular formula is C21H19Cl2NO2. The summed E-state index contributed by atoms with van der Waals surface area (Å²) in [7, 11) is 1.64. The molecule has 134 valence electrons. The Morgan fingerprint density at radius 3 is 2.04 bits per heavy atom. The van der Waals surface area contributed by atoms with Gasteiger partial charge in [0.15, 0.2) is 11.5 Å². The van der Waals surface area contributed by atoms with Crippen LogP contribution in [0.3, 0.4) is 0 Å². The van der Waals surface area contributed by atoms with Gasteiger partial charge in [-0.1, -0.05) is 41.4 Å². The smallest absolute Gasteiger partial charge is 0.161 e. The maximum Gasteiger partial charge on any atom is 0.161 e. The van der Waals surface area contributed by atoms with Crippen molar-refractivity contribution < 1.29 is 9.47 Å². The van der Waals surface area contributed by atoms with Gasteiger partial charge < -0.3 is 14.8 Å². The molecule has 0 aromatic heterocycles. The van der Waals surface area contributed by atoms with Gasteiger partial charge in [0.2, 0.25) is 0 Å². The van der Waals surface area contributed by atoms with Crippen molar-refractivity contribution >= 4 is 28.9 Å². The molecule has 0 heterocycles. The molecule has 0 spiro atoms. The van der Waals surface area contributed by atoms with Crippen molar-refractivity contribution in [1.29, 1.82) is 0 Å². The molecule has 0 saturated carbocycles. The highest BCUT2D eigenvalue weighted by molar-refractivity contribution is 6.30. The number of anilines is 1. The first kappa shape index (κ1) is 18.4. The molecule has 26 heavy (non-hydrogen) atoms. The number of hydrogen-bond donors (Lipinski definition) is 1. The Morgan fingerprint density at radius 1 is 0.769 bits per heavy atom. The van der Waals surface area contributed by atoms with Gasteiger partial charge >= 0.3 is 0 Å². The van der Waals surface area contributed by atoms with Crippen molar-refractivity contribution in [1.82, 2.24) is 0 Å². The fraction of sp³-hybridized carbons (Fsp3) is 0.143. The molecule has 3 aromatic rings. The van der Waals surface area contributed by atoms with Crippen LogP contribution in [0.15, 0.2) is 66.7 Å². The van der Waals surface area contributed by atoms with Crippen LogP contribution in [0.4, 0.5) is 5.69 Å². The van der Waals surface area contributed by atoms with Crippen molar-refractivity contribution in [2.45, 2.75) is 13.2 Å². The molecule has 0 radical (unpaired) electrons. The van der Waals surface area contributed by atoms with Gasteiger partial charge in [0.1, 0.15) is 6.61 Å². The van der Waals surface area contributed by atoms with Gasteiger partial charge in [0.25, 0.3) is 0 Å². The number of ether oxygens (including phenoxy) is 2. The van der Waals surface area contributed by atoms with Crippen LogP contribution in [0.5, 0.6) is 11.5 Å². The van der Waals surface area contributed by atoms with Crippen molar-refractivity contribution in [3.63, 3.8) is 0 Å². The van der Waals surface area contributed by atoms with E-state index >= 15 is 0 Å². The van der Waals surface area contributed by atoms with Gasteiger partial charge in [-0.05, 0) is 59.7 Å². The van der Waals surface area contributed by atoms with E-state index in [4.69, 9.17) is 32.7 Å². The lowest BCUT2D eigenvalue weighted by molar-refractivity contribution is 0.284. The minimum atomic E-state index is 0.454. The zero-order valence-electron chi connectivity index (χ0n) is 14.3. The quantitative estimate of drug-likeness (QED) is 0.523. The minimum Gasteiger partial charge on any atom is -0.493 e. The second kappa shape index (κ2) is 8.84. The standard InChI is InChI=1S/C21H19Cl2NO2/c1-25-21-12-16(13-24-19-9-7-18(23)8-10-19)4-11-20(21)26-14-15-2-5-17(22)6-3-15/h2-12,24H,13-14H2,1H3. The van der Waals surface area contributed by atoms with E-state index < -0.39 is 0 Å². The fourth-order valence-electron chi connectivity index (χ4n) is 2.45. The molecule has 3 rings (SSSR count). The average Bonchev–Trinajstić information content (AvgIpc) is 2.67. The molecule has 0 fully saturated rings. The third-order valence-electron chi connectivity index (χ3n) is 3.88. The second-order valence-electron chi connectivity index (χ2n) is 5.76. The number of halogens is 2. The fourth-order valence-corrected chi connectivity index (χ4v) is 2.71. The Morgan fingerprint density at radius 2 is 1.38 bits per heavy atom. The molecule has 0 amide bonds. The summed E-state index contributed by atoms with van der Waals surface area (Å²) in [5, 5.41) is 4.79. The molecule has 0 aliphatic carbocycles. The van der Waals surface area contributed by atoms with Crippen LogP contribution < -0.4 is 14.8 Å². The highest BCUT2D eigenvalue weighted by atomic mass is 35.5. The topological polar surface area (TPSA) is 30.5 Å². The molecule has 0 atom stereocenters. The third kappa shape index (κ3) is 5.07. The summed E-state index contributed by atoms with van der Waals surface area (Å²) in [6, 6.07) is 21.1. The van der Waals surface area contributed by atoms with Crippen molar-refractivity contribution in [2.75, 3.05) is 12.4 Å². The summed E-state index contributed by atoms with van der Waals surface area (Å²) >= 11 is 11.8. The van der Waals surface area contributed by atoms with E-state index in [2.05, 4.69) is 5.32 Å². The highest BCUT2D eigenvalue weighted by Crippen LogP contribution is 2.29. The Balaban J connectivity index is 1.63. The largest absolute Gasteiger partial charge is 0.493 e. The molecule has 0 aliphatic rings. The third-order valence-corrected chi connectivity index (χ3v) is 4.38. The van der Waals surface area contributed by atoms with Crippen LogP contribution in [0, 0.1) is 0 Å². The van der Waals surface area contributed by atoms with Crippen LogP contribution in [0.25, 0.3) is 0 Å². The molecule has 3 nitrogen and oxygen atoms in total. The Hall–Kier alpha value is -2.36. The lowest BCUT2D eigenvalue weighted by Crippen LogP contribution is -2.01. The van der Waals surface area contributed by atoms with Crippen molar-refractivity contribution in [3.05, 3.63) is 87.9 Å². The SMILES string of the molecule is COc1cc(CNc2ccc(Cl)cc2)ccc1OCc1ccc(Cl)cc1. The number of methoxy groups -OCH3 is 1. The zero-order chi connectivity index (χ0) is 18.4.